The molecule has 0 aromatic heterocycles. The van der Waals surface area contributed by atoms with E-state index in [1.54, 1.807) is 0 Å². The van der Waals surface area contributed by atoms with Gasteiger partial charge in [0.15, 0.2) is 0 Å². The molecule has 0 bridgehead atoms. The predicted octanol–water partition coefficient (Wildman–Crippen LogP) is 2.75. The zero-order valence-corrected chi connectivity index (χ0v) is 10.4. The van der Waals surface area contributed by atoms with Crippen LogP contribution in [0, 0.1) is 5.92 Å². The minimum Gasteiger partial charge on any atom is -0.377 e. The van der Waals surface area contributed by atoms with Crippen LogP contribution in [0.2, 0.25) is 0 Å². The summed E-state index contributed by atoms with van der Waals surface area (Å²) in [6, 6.07) is 0.449. The van der Waals surface area contributed by atoms with Gasteiger partial charge in [-0.3, -0.25) is 0 Å². The van der Waals surface area contributed by atoms with Crippen LogP contribution in [-0.2, 0) is 4.74 Å². The maximum absolute atomic E-state index is 5.86. The monoisotopic (exact) mass is 211 g/mol. The number of rotatable bonds is 8. The standard InChI is InChI=1S/C13H25NO/c1-5-10(3)9-12(14-4)13(15-6-2)11-7-8-11/h11-14H,3,5-9H2,1-2,4H3. The summed E-state index contributed by atoms with van der Waals surface area (Å²) in [6.45, 7) is 9.15. The molecule has 0 aromatic carbocycles. The van der Waals surface area contributed by atoms with Crippen LogP contribution in [0.25, 0.3) is 0 Å². The Balaban J connectivity index is 2.48. The lowest BCUT2D eigenvalue weighted by Crippen LogP contribution is -2.41. The maximum Gasteiger partial charge on any atom is 0.0758 e. The molecular formula is C13H25NO. The Morgan fingerprint density at radius 3 is 2.53 bits per heavy atom. The first kappa shape index (κ1) is 12.7. The molecule has 1 aliphatic rings. The average Bonchev–Trinajstić information content (AvgIpc) is 3.06. The van der Waals surface area contributed by atoms with E-state index in [2.05, 4.69) is 25.7 Å². The lowest BCUT2D eigenvalue weighted by Gasteiger charge is -2.27. The minimum absolute atomic E-state index is 0.392. The zero-order valence-electron chi connectivity index (χ0n) is 10.4. The average molecular weight is 211 g/mol. The van der Waals surface area contributed by atoms with Gasteiger partial charge < -0.3 is 10.1 Å². The van der Waals surface area contributed by atoms with E-state index in [0.717, 1.165) is 25.4 Å². The van der Waals surface area contributed by atoms with Gasteiger partial charge in [-0.05, 0) is 45.6 Å². The number of nitrogens with one attached hydrogen (secondary N) is 1. The highest BCUT2D eigenvalue weighted by Crippen LogP contribution is 2.37. The SMILES string of the molecule is C=C(CC)CC(NC)C(OCC)C1CC1. The van der Waals surface area contributed by atoms with Crippen molar-refractivity contribution in [1.29, 1.82) is 0 Å². The Bertz CT molecular complexity index is 199. The van der Waals surface area contributed by atoms with Gasteiger partial charge in [0.1, 0.15) is 0 Å². The minimum atomic E-state index is 0.392. The van der Waals surface area contributed by atoms with Crippen LogP contribution < -0.4 is 5.32 Å². The second-order valence-electron chi connectivity index (χ2n) is 4.46. The largest absolute Gasteiger partial charge is 0.377 e. The summed E-state index contributed by atoms with van der Waals surface area (Å²) in [5, 5.41) is 3.39. The molecule has 2 nitrogen and oxygen atoms in total. The lowest BCUT2D eigenvalue weighted by molar-refractivity contribution is 0.0210. The van der Waals surface area contributed by atoms with E-state index in [1.165, 1.54) is 18.4 Å². The van der Waals surface area contributed by atoms with E-state index in [1.807, 2.05) is 7.05 Å². The van der Waals surface area contributed by atoms with E-state index in [0.29, 0.717) is 12.1 Å². The molecule has 1 fully saturated rings. The van der Waals surface area contributed by atoms with E-state index in [4.69, 9.17) is 4.74 Å². The molecule has 0 heterocycles. The Hall–Kier alpha value is -0.340. The number of likely N-dealkylation sites (N-methyl/N-ethyl adjacent to an activating group) is 1. The highest BCUT2D eigenvalue weighted by Gasteiger charge is 2.36. The van der Waals surface area contributed by atoms with Crippen LogP contribution in [0.5, 0.6) is 0 Å². The first-order chi connectivity index (χ1) is 7.22. The molecule has 0 spiro atoms. The lowest BCUT2D eigenvalue weighted by atomic mass is 9.98. The van der Waals surface area contributed by atoms with E-state index in [-0.39, 0.29) is 0 Å². The highest BCUT2D eigenvalue weighted by molar-refractivity contribution is 5.01. The van der Waals surface area contributed by atoms with Crippen molar-refractivity contribution in [3.05, 3.63) is 12.2 Å². The first-order valence-corrected chi connectivity index (χ1v) is 6.18. The van der Waals surface area contributed by atoms with Gasteiger partial charge in [0.05, 0.1) is 6.10 Å². The van der Waals surface area contributed by atoms with Gasteiger partial charge in [0.25, 0.3) is 0 Å². The van der Waals surface area contributed by atoms with Crippen LogP contribution in [-0.4, -0.2) is 25.8 Å². The fourth-order valence-electron chi connectivity index (χ4n) is 2.04. The molecule has 2 atom stereocenters. The quantitative estimate of drug-likeness (QED) is 0.623. The summed E-state index contributed by atoms with van der Waals surface area (Å²) >= 11 is 0. The zero-order chi connectivity index (χ0) is 11.3. The molecule has 2 unspecified atom stereocenters. The molecule has 1 rings (SSSR count). The Morgan fingerprint density at radius 1 is 1.47 bits per heavy atom. The van der Waals surface area contributed by atoms with Crippen LogP contribution in [0.4, 0.5) is 0 Å². The first-order valence-electron chi connectivity index (χ1n) is 6.18. The molecule has 0 saturated heterocycles. The molecule has 1 aliphatic carbocycles. The number of hydrogen-bond donors (Lipinski definition) is 1. The van der Waals surface area contributed by atoms with Gasteiger partial charge in [0.2, 0.25) is 0 Å². The number of ether oxygens (including phenoxy) is 1. The second kappa shape index (κ2) is 6.29. The molecule has 0 amide bonds. The van der Waals surface area contributed by atoms with Gasteiger partial charge in [0, 0.05) is 12.6 Å². The summed E-state index contributed by atoms with van der Waals surface area (Å²) in [4.78, 5) is 0. The Kier molecular flexibility index (Phi) is 5.34. The third-order valence-electron chi connectivity index (χ3n) is 3.22. The fraction of sp³-hybridized carbons (Fsp3) is 0.846. The molecule has 1 saturated carbocycles. The summed E-state index contributed by atoms with van der Waals surface area (Å²) < 4.78 is 5.86. The summed E-state index contributed by atoms with van der Waals surface area (Å²) in [7, 11) is 2.03. The van der Waals surface area contributed by atoms with Crippen molar-refractivity contribution < 1.29 is 4.74 Å². The van der Waals surface area contributed by atoms with Crippen molar-refractivity contribution in [3.8, 4) is 0 Å². The maximum atomic E-state index is 5.86. The van der Waals surface area contributed by atoms with Gasteiger partial charge >= 0.3 is 0 Å². The van der Waals surface area contributed by atoms with Gasteiger partial charge in [-0.25, -0.2) is 0 Å². The number of hydrogen-bond acceptors (Lipinski definition) is 2. The van der Waals surface area contributed by atoms with Crippen LogP contribution >= 0.6 is 0 Å². The van der Waals surface area contributed by atoms with E-state index >= 15 is 0 Å². The molecule has 0 radical (unpaired) electrons. The topological polar surface area (TPSA) is 21.3 Å². The summed E-state index contributed by atoms with van der Waals surface area (Å²) in [5.41, 5.74) is 1.32. The van der Waals surface area contributed by atoms with Crippen molar-refractivity contribution in [2.24, 2.45) is 5.92 Å². The van der Waals surface area contributed by atoms with Gasteiger partial charge in [-0.1, -0.05) is 19.1 Å². The van der Waals surface area contributed by atoms with Crippen molar-refractivity contribution in [2.75, 3.05) is 13.7 Å². The molecule has 1 N–H and O–H groups in total. The molecule has 0 aliphatic heterocycles. The molecule has 2 heteroatoms. The van der Waals surface area contributed by atoms with Gasteiger partial charge in [-0.2, -0.15) is 0 Å². The Labute approximate surface area is 94.1 Å². The fourth-order valence-corrected chi connectivity index (χ4v) is 2.04. The van der Waals surface area contributed by atoms with E-state index in [9.17, 15) is 0 Å². The smallest absolute Gasteiger partial charge is 0.0758 e. The molecule has 0 aromatic rings. The normalized spacial score (nSPS) is 19.9. The third-order valence-corrected chi connectivity index (χ3v) is 3.22. The Morgan fingerprint density at radius 2 is 2.13 bits per heavy atom. The van der Waals surface area contributed by atoms with Crippen LogP contribution in [0.3, 0.4) is 0 Å². The summed E-state index contributed by atoms with van der Waals surface area (Å²) in [5.74, 6) is 0.784. The predicted molar refractivity (Wildman–Crippen MR) is 65.0 cm³/mol. The highest BCUT2D eigenvalue weighted by atomic mass is 16.5. The second-order valence-corrected chi connectivity index (χ2v) is 4.46. The van der Waals surface area contributed by atoms with E-state index < -0.39 is 0 Å². The van der Waals surface area contributed by atoms with Crippen molar-refractivity contribution >= 4 is 0 Å². The molecule has 15 heavy (non-hydrogen) atoms. The van der Waals surface area contributed by atoms with Crippen molar-refractivity contribution in [3.63, 3.8) is 0 Å². The molecule has 88 valence electrons. The van der Waals surface area contributed by atoms with Gasteiger partial charge in [-0.15, -0.1) is 0 Å². The summed E-state index contributed by atoms with van der Waals surface area (Å²) in [6.07, 6.45) is 5.18. The van der Waals surface area contributed by atoms with Crippen LogP contribution in [0.15, 0.2) is 12.2 Å². The molecular weight excluding hydrogens is 186 g/mol. The van der Waals surface area contributed by atoms with Crippen molar-refractivity contribution in [2.45, 2.75) is 51.7 Å². The van der Waals surface area contributed by atoms with Crippen molar-refractivity contribution in [1.82, 2.24) is 5.32 Å². The third kappa shape index (κ3) is 3.96. The van der Waals surface area contributed by atoms with Crippen LogP contribution in [0.1, 0.15) is 39.5 Å².